The van der Waals surface area contributed by atoms with Crippen molar-refractivity contribution < 1.29 is 4.39 Å². The van der Waals surface area contributed by atoms with Crippen LogP contribution in [0.3, 0.4) is 0 Å². The Bertz CT molecular complexity index is 910. The summed E-state index contributed by atoms with van der Waals surface area (Å²) in [4.78, 5) is 4.46. The summed E-state index contributed by atoms with van der Waals surface area (Å²) in [5.41, 5.74) is 2.70. The smallest absolute Gasteiger partial charge is 0.147 e. The lowest BCUT2D eigenvalue weighted by Gasteiger charge is -2.05. The van der Waals surface area contributed by atoms with Crippen LogP contribution in [0.25, 0.3) is 27.7 Å². The molecular formula is C17H11FN2. The van der Waals surface area contributed by atoms with E-state index in [9.17, 15) is 4.39 Å². The van der Waals surface area contributed by atoms with E-state index in [-0.39, 0.29) is 5.82 Å². The molecule has 0 saturated carbocycles. The summed E-state index contributed by atoms with van der Waals surface area (Å²) in [5, 5.41) is 1.43. The van der Waals surface area contributed by atoms with E-state index in [1.165, 1.54) is 6.20 Å². The Morgan fingerprint density at radius 3 is 2.35 bits per heavy atom. The van der Waals surface area contributed by atoms with Crippen LogP contribution in [0.1, 0.15) is 0 Å². The van der Waals surface area contributed by atoms with Crippen LogP contribution in [0.15, 0.2) is 67.0 Å². The molecule has 0 aliphatic rings. The van der Waals surface area contributed by atoms with E-state index in [0.29, 0.717) is 5.39 Å². The Morgan fingerprint density at radius 1 is 0.850 bits per heavy atom. The SMILES string of the molecule is Fc1cn2c(-c3ccccc3)cnc2c2ccccc12. The van der Waals surface area contributed by atoms with E-state index in [0.717, 1.165) is 22.3 Å². The summed E-state index contributed by atoms with van der Waals surface area (Å²) in [6.45, 7) is 0. The quantitative estimate of drug-likeness (QED) is 0.500. The minimum absolute atomic E-state index is 0.233. The Balaban J connectivity index is 2.12. The van der Waals surface area contributed by atoms with Crippen molar-refractivity contribution in [2.24, 2.45) is 0 Å². The van der Waals surface area contributed by atoms with Gasteiger partial charge in [0.25, 0.3) is 0 Å². The first-order chi connectivity index (χ1) is 9.84. The Labute approximate surface area is 115 Å². The maximum atomic E-state index is 14.2. The fourth-order valence-electron chi connectivity index (χ4n) is 2.58. The van der Waals surface area contributed by atoms with Gasteiger partial charge in [-0.3, -0.25) is 4.40 Å². The number of halogens is 1. The monoisotopic (exact) mass is 262 g/mol. The van der Waals surface area contributed by atoms with Crippen LogP contribution in [0, 0.1) is 5.82 Å². The topological polar surface area (TPSA) is 17.3 Å². The molecule has 0 radical (unpaired) electrons. The Hall–Kier alpha value is -2.68. The molecule has 2 nitrogen and oxygen atoms in total. The largest absolute Gasteiger partial charge is 0.296 e. The van der Waals surface area contributed by atoms with E-state index >= 15 is 0 Å². The second-order valence-electron chi connectivity index (χ2n) is 4.73. The highest BCUT2D eigenvalue weighted by Gasteiger charge is 2.11. The van der Waals surface area contributed by atoms with Crippen molar-refractivity contribution in [1.29, 1.82) is 0 Å². The molecule has 20 heavy (non-hydrogen) atoms. The maximum absolute atomic E-state index is 14.2. The summed E-state index contributed by atoms with van der Waals surface area (Å²) in [7, 11) is 0. The first-order valence-electron chi connectivity index (χ1n) is 6.44. The molecule has 0 N–H and O–H groups in total. The van der Waals surface area contributed by atoms with Crippen LogP contribution >= 0.6 is 0 Å². The summed E-state index contributed by atoms with van der Waals surface area (Å²) < 4.78 is 16.1. The molecular weight excluding hydrogens is 251 g/mol. The van der Waals surface area contributed by atoms with Crippen molar-refractivity contribution in [2.75, 3.05) is 0 Å². The number of hydrogen-bond acceptors (Lipinski definition) is 1. The molecule has 2 aromatic carbocycles. The van der Waals surface area contributed by atoms with Gasteiger partial charge in [-0.25, -0.2) is 9.37 Å². The lowest BCUT2D eigenvalue weighted by Crippen LogP contribution is -1.92. The normalized spacial score (nSPS) is 11.2. The van der Waals surface area contributed by atoms with Crippen molar-refractivity contribution >= 4 is 16.4 Å². The fourth-order valence-corrected chi connectivity index (χ4v) is 2.58. The molecule has 0 fully saturated rings. The third kappa shape index (κ3) is 1.53. The fraction of sp³-hybridized carbons (Fsp3) is 0. The second-order valence-corrected chi connectivity index (χ2v) is 4.73. The molecule has 0 unspecified atom stereocenters. The molecule has 2 aromatic heterocycles. The molecule has 4 rings (SSSR count). The molecule has 0 amide bonds. The minimum Gasteiger partial charge on any atom is -0.296 e. The highest BCUT2D eigenvalue weighted by atomic mass is 19.1. The third-order valence-corrected chi connectivity index (χ3v) is 3.53. The highest BCUT2D eigenvalue weighted by molar-refractivity contribution is 5.95. The number of aromatic nitrogens is 2. The summed E-state index contributed by atoms with van der Waals surface area (Å²) >= 11 is 0. The predicted molar refractivity (Wildman–Crippen MR) is 78.1 cm³/mol. The highest BCUT2D eigenvalue weighted by Crippen LogP contribution is 2.27. The zero-order valence-electron chi connectivity index (χ0n) is 10.6. The van der Waals surface area contributed by atoms with Crippen molar-refractivity contribution in [3.8, 4) is 11.3 Å². The van der Waals surface area contributed by atoms with Gasteiger partial charge in [-0.1, -0.05) is 54.6 Å². The molecule has 0 bridgehead atoms. The van der Waals surface area contributed by atoms with Crippen molar-refractivity contribution in [2.45, 2.75) is 0 Å². The lowest BCUT2D eigenvalue weighted by atomic mass is 10.1. The maximum Gasteiger partial charge on any atom is 0.147 e. The van der Waals surface area contributed by atoms with Crippen molar-refractivity contribution in [3.63, 3.8) is 0 Å². The van der Waals surface area contributed by atoms with Crippen LogP contribution < -0.4 is 0 Å². The predicted octanol–water partition coefficient (Wildman–Crippen LogP) is 4.29. The van der Waals surface area contributed by atoms with Crippen LogP contribution in [0.5, 0.6) is 0 Å². The van der Waals surface area contributed by atoms with Gasteiger partial charge in [0.15, 0.2) is 0 Å². The molecule has 2 heterocycles. The number of nitrogens with zero attached hydrogens (tertiary/aromatic N) is 2. The summed E-state index contributed by atoms with van der Waals surface area (Å²) in [6, 6.07) is 17.3. The number of imidazole rings is 1. The molecule has 0 aliphatic carbocycles. The first kappa shape index (κ1) is 11.2. The van der Waals surface area contributed by atoms with Crippen molar-refractivity contribution in [3.05, 3.63) is 72.8 Å². The van der Waals surface area contributed by atoms with E-state index in [1.54, 1.807) is 12.3 Å². The van der Waals surface area contributed by atoms with Gasteiger partial charge >= 0.3 is 0 Å². The van der Waals surface area contributed by atoms with Crippen molar-refractivity contribution in [1.82, 2.24) is 9.38 Å². The third-order valence-electron chi connectivity index (χ3n) is 3.53. The molecule has 96 valence electrons. The van der Waals surface area contributed by atoms with Gasteiger partial charge < -0.3 is 0 Å². The van der Waals surface area contributed by atoms with Gasteiger partial charge in [-0.05, 0) is 0 Å². The number of pyridine rings is 1. The van der Waals surface area contributed by atoms with Gasteiger partial charge in [0.2, 0.25) is 0 Å². The molecule has 0 atom stereocenters. The first-order valence-corrected chi connectivity index (χ1v) is 6.44. The molecule has 4 aromatic rings. The zero-order valence-corrected chi connectivity index (χ0v) is 10.6. The number of benzene rings is 2. The van der Waals surface area contributed by atoms with Crippen LogP contribution in [0.2, 0.25) is 0 Å². The van der Waals surface area contributed by atoms with Gasteiger partial charge in [0.1, 0.15) is 11.5 Å². The molecule has 0 aliphatic heterocycles. The van der Waals surface area contributed by atoms with Gasteiger partial charge in [-0.2, -0.15) is 0 Å². The van der Waals surface area contributed by atoms with E-state index in [1.807, 2.05) is 52.9 Å². The van der Waals surface area contributed by atoms with E-state index in [2.05, 4.69) is 4.98 Å². The van der Waals surface area contributed by atoms with E-state index < -0.39 is 0 Å². The number of hydrogen-bond donors (Lipinski definition) is 0. The average Bonchev–Trinajstić information content (AvgIpc) is 2.92. The van der Waals surface area contributed by atoms with Crippen LogP contribution in [-0.2, 0) is 0 Å². The van der Waals surface area contributed by atoms with Gasteiger partial charge in [-0.15, -0.1) is 0 Å². The minimum atomic E-state index is -0.233. The summed E-state index contributed by atoms with van der Waals surface area (Å²) in [5.74, 6) is -0.233. The van der Waals surface area contributed by atoms with Crippen LogP contribution in [-0.4, -0.2) is 9.38 Å². The second kappa shape index (κ2) is 4.17. The van der Waals surface area contributed by atoms with Gasteiger partial charge in [0.05, 0.1) is 11.9 Å². The molecule has 3 heteroatoms. The molecule has 0 spiro atoms. The van der Waals surface area contributed by atoms with Crippen LogP contribution in [0.4, 0.5) is 4.39 Å². The van der Waals surface area contributed by atoms with Gasteiger partial charge in [0, 0.05) is 22.5 Å². The zero-order chi connectivity index (χ0) is 13.5. The number of fused-ring (bicyclic) bond motifs is 3. The number of rotatable bonds is 1. The standard InChI is InChI=1S/C17H11FN2/c18-15-11-20-16(12-6-2-1-3-7-12)10-19-17(20)14-9-5-4-8-13(14)15/h1-11H. The Kier molecular flexibility index (Phi) is 2.33. The van der Waals surface area contributed by atoms with E-state index in [4.69, 9.17) is 0 Å². The summed E-state index contributed by atoms with van der Waals surface area (Å²) in [6.07, 6.45) is 3.30. The lowest BCUT2D eigenvalue weighted by molar-refractivity contribution is 0.632. The average molecular weight is 262 g/mol. The molecule has 0 saturated heterocycles. The Morgan fingerprint density at radius 2 is 1.55 bits per heavy atom.